The average Bonchev–Trinajstić information content (AvgIpc) is 0.678. The summed E-state index contributed by atoms with van der Waals surface area (Å²) in [4.78, 5) is 15.3. The van der Waals surface area contributed by atoms with E-state index in [0.29, 0.717) is 32.1 Å². The predicted octanol–water partition coefficient (Wildman–Crippen LogP) is -3.82. The molecule has 10 rings (SSSR count). The number of hydrogen-bond donors (Lipinski definition) is 16. The Labute approximate surface area is 493 Å². The molecule has 0 bridgehead atoms. The fourth-order valence-corrected chi connectivity index (χ4v) is 17.4. The highest BCUT2D eigenvalue weighted by molar-refractivity contribution is 5.80. The van der Waals surface area contributed by atoms with Crippen molar-refractivity contribution in [3.8, 4) is 0 Å². The maximum Gasteiger partial charge on any atom is 0.317 e. The highest BCUT2D eigenvalue weighted by Crippen LogP contribution is 2.75. The molecule has 85 heavy (non-hydrogen) atoms. The molecule has 27 heteroatoms. The van der Waals surface area contributed by atoms with Gasteiger partial charge in [0, 0.05) is 0 Å². The van der Waals surface area contributed by atoms with Gasteiger partial charge in [0.1, 0.15) is 109 Å². The van der Waals surface area contributed by atoms with Gasteiger partial charge in [0.05, 0.1) is 49.3 Å². The highest BCUT2D eigenvalue weighted by Gasteiger charge is 2.73. The van der Waals surface area contributed by atoms with Crippen LogP contribution in [0.15, 0.2) is 11.6 Å². The van der Waals surface area contributed by atoms with Gasteiger partial charge in [0.2, 0.25) is 6.29 Å². The third kappa shape index (κ3) is 10.8. The summed E-state index contributed by atoms with van der Waals surface area (Å²) in [6.45, 7) is 15.2. The van der Waals surface area contributed by atoms with Gasteiger partial charge in [-0.25, -0.2) is 0 Å². The van der Waals surface area contributed by atoms with E-state index in [0.717, 1.165) is 5.57 Å². The van der Waals surface area contributed by atoms with Crippen LogP contribution in [0.25, 0.3) is 0 Å². The first kappa shape index (κ1) is 66.1. The molecular formula is C58H94O27. The minimum atomic E-state index is -1.96. The summed E-state index contributed by atoms with van der Waals surface area (Å²) in [6.07, 6.45) is -37.3. The maximum absolute atomic E-state index is 15.3. The third-order valence-electron chi connectivity index (χ3n) is 22.7. The van der Waals surface area contributed by atoms with E-state index in [1.807, 2.05) is 0 Å². The molecule has 0 spiro atoms. The smallest absolute Gasteiger partial charge is 0.317 e. The molecular weight excluding hydrogens is 1130 g/mol. The molecule has 16 N–H and O–H groups in total. The number of esters is 1. The van der Waals surface area contributed by atoms with E-state index in [2.05, 4.69) is 40.7 Å². The van der Waals surface area contributed by atoms with E-state index in [9.17, 15) is 81.7 Å². The fourth-order valence-electron chi connectivity index (χ4n) is 17.4. The summed E-state index contributed by atoms with van der Waals surface area (Å²) >= 11 is 0. The van der Waals surface area contributed by atoms with Crippen LogP contribution in [0.3, 0.4) is 0 Å². The largest absolute Gasteiger partial charge is 0.432 e. The van der Waals surface area contributed by atoms with E-state index >= 15 is 4.79 Å². The molecule has 4 saturated carbocycles. The SMILES string of the molecule is CC1OC(OC2C(OC3COC(OC4C(O)C(C)OC(OC(=O)C56CCC(C)(C)CC5C5=CCC7C8(C)CC(O)C(OC9OC(CO)C(O)C(O)C9O)C(C)(O)C8CCC7(C)C5(C)CC6O)C4O)C(O)C3O)OC(C)C(O)C2O)C(O)C(O)C1O. The monoisotopic (exact) mass is 1220 g/mol. The standard InChI is InChI=1S/C58H94O27/c1-21-32(62)37(67)41(71)48(77-21)83-45-39(69)33(63)22(2)79-51(45)81-28-20-76-47(40(70)36(28)66)82-44-34(64)23(3)78-50(43(44)73)85-52(74)58-15-14-53(4,5)16-25(58)24-10-11-29-54(6)17-26(60)46(84-49-42(72)38(68)35(65)27(19-59)80-49)57(9,75)30(54)12-13-55(29,7)56(24,8)18-31(58)61/h10,21-23,25-51,59-73,75H,11-20H2,1-9H3. The van der Waals surface area contributed by atoms with E-state index in [4.69, 9.17) is 47.4 Å². The normalized spacial score (nSPS) is 57.0. The Morgan fingerprint density at radius 3 is 1.80 bits per heavy atom. The van der Waals surface area contributed by atoms with Crippen LogP contribution >= 0.6 is 0 Å². The zero-order valence-electron chi connectivity index (χ0n) is 49.6. The van der Waals surface area contributed by atoms with Crippen molar-refractivity contribution < 1.29 is 134 Å². The van der Waals surface area contributed by atoms with Gasteiger partial charge in [0.15, 0.2) is 25.2 Å². The summed E-state index contributed by atoms with van der Waals surface area (Å²) in [6, 6.07) is 0. The molecule has 35 unspecified atom stereocenters. The van der Waals surface area contributed by atoms with Crippen LogP contribution in [0, 0.1) is 44.8 Å². The molecule has 0 amide bonds. The van der Waals surface area contributed by atoms with E-state index in [1.165, 1.54) is 20.8 Å². The predicted molar refractivity (Wildman–Crippen MR) is 285 cm³/mol. The lowest BCUT2D eigenvalue weighted by Crippen LogP contribution is -2.72. The molecule has 488 valence electrons. The van der Waals surface area contributed by atoms with Crippen molar-refractivity contribution in [2.45, 2.75) is 285 Å². The van der Waals surface area contributed by atoms with E-state index in [1.54, 1.807) is 6.92 Å². The first-order valence-corrected chi connectivity index (χ1v) is 30.2. The van der Waals surface area contributed by atoms with Gasteiger partial charge in [-0.15, -0.1) is 0 Å². The van der Waals surface area contributed by atoms with Gasteiger partial charge >= 0.3 is 5.97 Å². The van der Waals surface area contributed by atoms with Crippen molar-refractivity contribution in [1.82, 2.24) is 0 Å². The molecule has 5 heterocycles. The third-order valence-corrected chi connectivity index (χ3v) is 22.7. The molecule has 35 atom stereocenters. The van der Waals surface area contributed by atoms with Gasteiger partial charge in [-0.3, -0.25) is 4.79 Å². The number of aliphatic hydroxyl groups is 16. The quantitative estimate of drug-likeness (QED) is 0.0535. The van der Waals surface area contributed by atoms with Crippen molar-refractivity contribution >= 4 is 5.97 Å². The van der Waals surface area contributed by atoms with Crippen LogP contribution in [-0.2, 0) is 52.2 Å². The molecule has 27 nitrogen and oxygen atoms in total. The van der Waals surface area contributed by atoms with Crippen molar-refractivity contribution in [1.29, 1.82) is 0 Å². The summed E-state index contributed by atoms with van der Waals surface area (Å²) in [5, 5.41) is 179. The van der Waals surface area contributed by atoms with Crippen LogP contribution in [0.4, 0.5) is 0 Å². The topological polar surface area (TPSA) is 433 Å². The molecule has 5 aliphatic carbocycles. The van der Waals surface area contributed by atoms with Crippen molar-refractivity contribution in [2.24, 2.45) is 44.8 Å². The Morgan fingerprint density at radius 1 is 0.565 bits per heavy atom. The first-order chi connectivity index (χ1) is 39.6. The summed E-state index contributed by atoms with van der Waals surface area (Å²) in [5.74, 6) is -2.08. The Bertz CT molecular complexity index is 2400. The maximum atomic E-state index is 15.3. The fraction of sp³-hybridized carbons (Fsp3) is 0.948. The lowest BCUT2D eigenvalue weighted by atomic mass is 9.33. The number of rotatable bonds is 11. The van der Waals surface area contributed by atoms with Gasteiger partial charge in [-0.05, 0) is 118 Å². The minimum Gasteiger partial charge on any atom is -0.432 e. The van der Waals surface area contributed by atoms with Crippen LogP contribution in [0.2, 0.25) is 0 Å². The second-order valence-corrected chi connectivity index (χ2v) is 28.3. The van der Waals surface area contributed by atoms with Gasteiger partial charge in [-0.1, -0.05) is 46.3 Å². The van der Waals surface area contributed by atoms with E-state index in [-0.39, 0.29) is 30.6 Å². The van der Waals surface area contributed by atoms with E-state index < -0.39 is 224 Å². The molecule has 0 aromatic rings. The van der Waals surface area contributed by atoms with Gasteiger partial charge in [0.25, 0.3) is 0 Å². The van der Waals surface area contributed by atoms with Gasteiger partial charge in [-0.2, -0.15) is 0 Å². The number of hydrogen-bond acceptors (Lipinski definition) is 27. The Balaban J connectivity index is 0.838. The number of aliphatic hydroxyl groups excluding tert-OH is 15. The zero-order chi connectivity index (χ0) is 62.3. The zero-order valence-corrected chi connectivity index (χ0v) is 49.6. The van der Waals surface area contributed by atoms with Crippen molar-refractivity contribution in [2.75, 3.05) is 13.2 Å². The summed E-state index contributed by atoms with van der Waals surface area (Å²) < 4.78 is 58.9. The number of allylic oxidation sites excluding steroid dienone is 2. The second kappa shape index (κ2) is 23.7. The average molecular weight is 1220 g/mol. The Hall–Kier alpha value is -1.79. The molecule has 5 saturated heterocycles. The lowest BCUT2D eigenvalue weighted by Gasteiger charge is -2.71. The van der Waals surface area contributed by atoms with Crippen LogP contribution in [-0.4, -0.2) is 272 Å². The minimum absolute atomic E-state index is 0.119. The highest BCUT2D eigenvalue weighted by atomic mass is 16.8. The number of carbonyl (C=O) groups excluding carboxylic acids is 1. The Kier molecular flexibility index (Phi) is 18.5. The number of carbonyl (C=O) groups is 1. The molecule has 10 aliphatic rings. The summed E-state index contributed by atoms with van der Waals surface area (Å²) in [7, 11) is 0. The molecule has 0 aromatic heterocycles. The molecule has 0 radical (unpaired) electrons. The van der Waals surface area contributed by atoms with Crippen LogP contribution in [0.5, 0.6) is 0 Å². The first-order valence-electron chi connectivity index (χ1n) is 30.2. The van der Waals surface area contributed by atoms with Crippen LogP contribution in [0.1, 0.15) is 114 Å². The van der Waals surface area contributed by atoms with Gasteiger partial charge < -0.3 is 129 Å². The molecule has 5 aliphatic heterocycles. The lowest BCUT2D eigenvalue weighted by molar-refractivity contribution is -0.382. The van der Waals surface area contributed by atoms with Crippen molar-refractivity contribution in [3.63, 3.8) is 0 Å². The number of fused-ring (bicyclic) bond motifs is 7. The number of ether oxygens (including phenoxy) is 10. The van der Waals surface area contributed by atoms with Crippen molar-refractivity contribution in [3.05, 3.63) is 11.6 Å². The molecule has 0 aromatic carbocycles. The van der Waals surface area contributed by atoms with Crippen LogP contribution < -0.4 is 0 Å². The molecule has 9 fully saturated rings. The Morgan fingerprint density at radius 2 is 1.14 bits per heavy atom. The summed E-state index contributed by atoms with van der Waals surface area (Å²) in [5.41, 5.74) is -4.67. The second-order valence-electron chi connectivity index (χ2n) is 28.3.